The number of esters is 1. The SMILES string of the molecule is CC.CCC(NC1CCCCC1)C(CO)CNC/C(=C\C(C)=C/N)C(=O)OC. The van der Waals surface area contributed by atoms with Crippen LogP contribution in [0.2, 0.25) is 0 Å². The van der Waals surface area contributed by atoms with Gasteiger partial charge in [-0.15, -0.1) is 0 Å². The Bertz CT molecular complexity index is 472. The highest BCUT2D eigenvalue weighted by molar-refractivity contribution is 5.89. The van der Waals surface area contributed by atoms with Crippen LogP contribution < -0.4 is 16.4 Å². The fourth-order valence-corrected chi connectivity index (χ4v) is 3.52. The molecule has 6 heteroatoms. The van der Waals surface area contributed by atoms with Crippen molar-refractivity contribution in [3.05, 3.63) is 23.4 Å². The first-order valence-electron chi connectivity index (χ1n) is 10.8. The van der Waals surface area contributed by atoms with Gasteiger partial charge >= 0.3 is 5.97 Å². The first kappa shape index (κ1) is 26.6. The molecule has 0 bridgehead atoms. The summed E-state index contributed by atoms with van der Waals surface area (Å²) < 4.78 is 4.83. The van der Waals surface area contributed by atoms with Gasteiger partial charge < -0.3 is 26.2 Å². The third-order valence-electron chi connectivity index (χ3n) is 5.13. The maximum atomic E-state index is 11.9. The summed E-state index contributed by atoms with van der Waals surface area (Å²) in [4.78, 5) is 11.9. The number of rotatable bonds is 11. The van der Waals surface area contributed by atoms with Crippen molar-refractivity contribution in [2.24, 2.45) is 11.7 Å². The minimum absolute atomic E-state index is 0.104. The molecule has 1 fully saturated rings. The van der Waals surface area contributed by atoms with Crippen LogP contribution in [0.25, 0.3) is 0 Å². The second-order valence-corrected chi connectivity index (χ2v) is 7.16. The summed E-state index contributed by atoms with van der Waals surface area (Å²) >= 11 is 0. The van der Waals surface area contributed by atoms with E-state index in [1.807, 2.05) is 20.8 Å². The van der Waals surface area contributed by atoms with Gasteiger partial charge in [0, 0.05) is 37.7 Å². The normalized spacial score (nSPS) is 18.1. The number of carbonyl (C=O) groups is 1. The molecular formula is C22H43N3O3. The summed E-state index contributed by atoms with van der Waals surface area (Å²) in [6.07, 6.45) is 10.5. The zero-order valence-corrected chi connectivity index (χ0v) is 18.6. The van der Waals surface area contributed by atoms with Crippen molar-refractivity contribution in [2.75, 3.05) is 26.8 Å². The molecule has 1 aliphatic carbocycles. The second-order valence-electron chi connectivity index (χ2n) is 7.16. The first-order valence-corrected chi connectivity index (χ1v) is 10.8. The quantitative estimate of drug-likeness (QED) is 0.243. The Labute approximate surface area is 172 Å². The number of carbonyl (C=O) groups excluding carboxylic acids is 1. The molecule has 0 spiro atoms. The molecule has 2 atom stereocenters. The van der Waals surface area contributed by atoms with Crippen LogP contribution in [0.4, 0.5) is 0 Å². The minimum atomic E-state index is -0.369. The average molecular weight is 398 g/mol. The van der Waals surface area contributed by atoms with Gasteiger partial charge in [-0.3, -0.25) is 0 Å². The predicted octanol–water partition coefficient (Wildman–Crippen LogP) is 2.87. The topological polar surface area (TPSA) is 96.6 Å². The molecule has 0 aromatic heterocycles. The van der Waals surface area contributed by atoms with Gasteiger partial charge in [-0.1, -0.05) is 40.0 Å². The van der Waals surface area contributed by atoms with E-state index in [0.717, 1.165) is 12.0 Å². The Morgan fingerprint density at radius 1 is 1.29 bits per heavy atom. The summed E-state index contributed by atoms with van der Waals surface area (Å²) in [5.41, 5.74) is 6.81. The number of nitrogens with two attached hydrogens (primary N) is 1. The van der Waals surface area contributed by atoms with E-state index in [-0.39, 0.29) is 24.5 Å². The van der Waals surface area contributed by atoms with Gasteiger partial charge in [-0.2, -0.15) is 0 Å². The van der Waals surface area contributed by atoms with E-state index >= 15 is 0 Å². The van der Waals surface area contributed by atoms with E-state index in [0.29, 0.717) is 24.7 Å². The lowest BCUT2D eigenvalue weighted by molar-refractivity contribution is -0.136. The molecule has 0 amide bonds. The fourth-order valence-electron chi connectivity index (χ4n) is 3.52. The van der Waals surface area contributed by atoms with Gasteiger partial charge in [0.05, 0.1) is 12.7 Å². The van der Waals surface area contributed by atoms with Crippen LogP contribution in [0.5, 0.6) is 0 Å². The number of nitrogens with one attached hydrogen (secondary N) is 2. The lowest BCUT2D eigenvalue weighted by atomic mass is 9.91. The van der Waals surface area contributed by atoms with Gasteiger partial charge in [0.1, 0.15) is 0 Å². The number of ether oxygens (including phenoxy) is 1. The highest BCUT2D eigenvalue weighted by Crippen LogP contribution is 2.19. The molecule has 1 rings (SSSR count). The highest BCUT2D eigenvalue weighted by Gasteiger charge is 2.23. The standard InChI is InChI=1S/C20H37N3O3.C2H6/c1-4-19(23-18-8-6-5-7-9-18)17(14-24)13-22-12-16(20(25)26-3)10-15(2)11-21;1-2/h10-11,17-19,22-24H,4-9,12-14,21H2,1-3H3;1-2H3/b15-11-,16-10+;. The van der Waals surface area contributed by atoms with Gasteiger partial charge in [0.2, 0.25) is 0 Å². The Kier molecular flexibility index (Phi) is 15.8. The number of aliphatic hydroxyl groups excluding tert-OH is 1. The Balaban J connectivity index is 0.00000352. The molecule has 5 N–H and O–H groups in total. The lowest BCUT2D eigenvalue weighted by Crippen LogP contribution is -2.47. The second kappa shape index (κ2) is 16.6. The number of allylic oxidation sites excluding steroid dienone is 2. The van der Waals surface area contributed by atoms with E-state index in [1.165, 1.54) is 45.4 Å². The molecule has 1 aliphatic rings. The maximum absolute atomic E-state index is 11.9. The van der Waals surface area contributed by atoms with Crippen LogP contribution in [-0.2, 0) is 9.53 Å². The van der Waals surface area contributed by atoms with Crippen LogP contribution in [0.3, 0.4) is 0 Å². The van der Waals surface area contributed by atoms with Crippen molar-refractivity contribution in [3.8, 4) is 0 Å². The predicted molar refractivity (Wildman–Crippen MR) is 117 cm³/mol. The Morgan fingerprint density at radius 2 is 1.93 bits per heavy atom. The number of hydrogen-bond acceptors (Lipinski definition) is 6. The van der Waals surface area contributed by atoms with Crippen LogP contribution in [-0.4, -0.2) is 50.0 Å². The van der Waals surface area contributed by atoms with Gasteiger partial charge in [-0.05, 0) is 44.0 Å². The molecule has 2 unspecified atom stereocenters. The first-order chi connectivity index (χ1) is 13.5. The van der Waals surface area contributed by atoms with E-state index in [1.54, 1.807) is 6.08 Å². The summed E-state index contributed by atoms with van der Waals surface area (Å²) in [6, 6.07) is 0.831. The molecule has 164 valence electrons. The van der Waals surface area contributed by atoms with Crippen molar-refractivity contribution in [3.63, 3.8) is 0 Å². The molecule has 0 aliphatic heterocycles. The molecule has 0 saturated heterocycles. The van der Waals surface area contributed by atoms with Gasteiger partial charge in [0.25, 0.3) is 0 Å². The Morgan fingerprint density at radius 3 is 2.43 bits per heavy atom. The number of aliphatic hydroxyl groups is 1. The third-order valence-corrected chi connectivity index (χ3v) is 5.13. The lowest BCUT2D eigenvalue weighted by Gasteiger charge is -2.32. The molecular weight excluding hydrogens is 354 g/mol. The van der Waals surface area contributed by atoms with Crippen molar-refractivity contribution in [1.29, 1.82) is 0 Å². The zero-order chi connectivity index (χ0) is 21.4. The van der Waals surface area contributed by atoms with E-state index < -0.39 is 0 Å². The molecule has 0 aromatic carbocycles. The monoisotopic (exact) mass is 397 g/mol. The van der Waals surface area contributed by atoms with Crippen LogP contribution >= 0.6 is 0 Å². The highest BCUT2D eigenvalue weighted by atomic mass is 16.5. The summed E-state index contributed by atoms with van der Waals surface area (Å²) in [6.45, 7) is 9.12. The van der Waals surface area contributed by atoms with E-state index in [4.69, 9.17) is 10.5 Å². The average Bonchev–Trinajstić information content (AvgIpc) is 2.75. The molecule has 0 aromatic rings. The van der Waals surface area contributed by atoms with Crippen molar-refractivity contribution >= 4 is 5.97 Å². The third kappa shape index (κ3) is 10.2. The van der Waals surface area contributed by atoms with E-state index in [9.17, 15) is 9.90 Å². The zero-order valence-electron chi connectivity index (χ0n) is 18.6. The molecule has 0 radical (unpaired) electrons. The van der Waals surface area contributed by atoms with Crippen molar-refractivity contribution < 1.29 is 14.6 Å². The number of hydrogen-bond donors (Lipinski definition) is 4. The maximum Gasteiger partial charge on any atom is 0.335 e. The summed E-state index contributed by atoms with van der Waals surface area (Å²) in [7, 11) is 1.37. The number of methoxy groups -OCH3 is 1. The molecule has 28 heavy (non-hydrogen) atoms. The summed E-state index contributed by atoms with van der Waals surface area (Å²) in [5, 5.41) is 16.9. The van der Waals surface area contributed by atoms with Crippen LogP contribution in [0, 0.1) is 5.92 Å². The fraction of sp³-hybridized carbons (Fsp3) is 0.773. The van der Waals surface area contributed by atoms with Crippen LogP contribution in [0.1, 0.15) is 66.2 Å². The molecule has 6 nitrogen and oxygen atoms in total. The largest absolute Gasteiger partial charge is 0.466 e. The van der Waals surface area contributed by atoms with Crippen molar-refractivity contribution in [2.45, 2.75) is 78.3 Å². The van der Waals surface area contributed by atoms with E-state index in [2.05, 4.69) is 17.6 Å². The summed E-state index contributed by atoms with van der Waals surface area (Å²) in [5.74, 6) is -0.265. The van der Waals surface area contributed by atoms with Gasteiger partial charge in [0.15, 0.2) is 0 Å². The molecule has 1 saturated carbocycles. The van der Waals surface area contributed by atoms with Crippen molar-refractivity contribution in [1.82, 2.24) is 10.6 Å². The Hall–Kier alpha value is -1.37. The van der Waals surface area contributed by atoms with Crippen LogP contribution in [0.15, 0.2) is 23.4 Å². The molecule has 0 heterocycles. The minimum Gasteiger partial charge on any atom is -0.466 e. The van der Waals surface area contributed by atoms with Gasteiger partial charge in [-0.25, -0.2) is 4.79 Å². The smallest absolute Gasteiger partial charge is 0.335 e.